The van der Waals surface area contributed by atoms with Crippen LogP contribution in [-0.4, -0.2) is 17.1 Å². The number of thiazole rings is 1. The molecule has 0 saturated carbocycles. The molecule has 1 N–H and O–H groups in total. The van der Waals surface area contributed by atoms with E-state index >= 15 is 0 Å². The van der Waals surface area contributed by atoms with E-state index < -0.39 is 0 Å². The molecule has 1 heterocycles. The summed E-state index contributed by atoms with van der Waals surface area (Å²) in [5, 5.41) is 4.82. The summed E-state index contributed by atoms with van der Waals surface area (Å²) < 4.78 is 13.8. The average Bonchev–Trinajstić information content (AvgIpc) is 3.08. The van der Waals surface area contributed by atoms with Crippen LogP contribution in [0.1, 0.15) is 11.3 Å². The number of amides is 1. The second kappa shape index (κ2) is 9.21. The molecule has 0 unspecified atom stereocenters. The number of nitrogens with one attached hydrogen (secondary N) is 1. The molecule has 26 heavy (non-hydrogen) atoms. The van der Waals surface area contributed by atoms with Gasteiger partial charge in [-0.2, -0.15) is 0 Å². The van der Waals surface area contributed by atoms with Crippen LogP contribution in [0, 0.1) is 5.82 Å². The second-order valence-corrected chi connectivity index (χ2v) is 8.44. The van der Waals surface area contributed by atoms with Crippen molar-refractivity contribution >= 4 is 46.5 Å². The number of benzene rings is 2. The Kier molecular flexibility index (Phi) is 6.71. The molecule has 1 amide bonds. The van der Waals surface area contributed by atoms with E-state index in [9.17, 15) is 9.18 Å². The maximum Gasteiger partial charge on any atom is 0.230 e. The molecule has 3 rings (SSSR count). The van der Waals surface area contributed by atoms with Gasteiger partial charge >= 0.3 is 0 Å². The molecule has 0 saturated heterocycles. The molecule has 0 spiro atoms. The van der Waals surface area contributed by atoms with E-state index in [4.69, 9.17) is 0 Å². The number of aromatic nitrogens is 1. The molecule has 0 aliphatic rings. The van der Waals surface area contributed by atoms with Crippen LogP contribution in [0.5, 0.6) is 0 Å². The fraction of sp³-hybridized carbons (Fsp3) is 0.158. The summed E-state index contributed by atoms with van der Waals surface area (Å²) in [6.45, 7) is 0. The van der Waals surface area contributed by atoms with Crippen molar-refractivity contribution in [2.24, 2.45) is 0 Å². The Labute approximate surface area is 164 Å². The molecular weight excluding hydrogens is 387 g/mol. The standard InChI is InChI=1S/C19H17FN2OS3/c1-24-17-4-2-3-15(9-17)21-18(23)10-16-12-26-19(22-16)25-11-13-5-7-14(20)8-6-13/h2-9,12H,10-11H2,1H3,(H,21,23). The predicted molar refractivity (Wildman–Crippen MR) is 109 cm³/mol. The number of halogens is 1. The largest absolute Gasteiger partial charge is 0.326 e. The Morgan fingerprint density at radius 1 is 1.23 bits per heavy atom. The third kappa shape index (κ3) is 5.59. The van der Waals surface area contributed by atoms with E-state index in [0.717, 1.165) is 31.9 Å². The number of hydrogen-bond acceptors (Lipinski definition) is 5. The first-order valence-corrected chi connectivity index (χ1v) is 11.0. The number of hydrogen-bond donors (Lipinski definition) is 1. The molecule has 7 heteroatoms. The predicted octanol–water partition coefficient (Wildman–Crippen LogP) is 5.48. The number of nitrogens with zero attached hydrogens (tertiary/aromatic N) is 1. The Morgan fingerprint density at radius 3 is 2.81 bits per heavy atom. The highest BCUT2D eigenvalue weighted by molar-refractivity contribution is 8.00. The van der Waals surface area contributed by atoms with Crippen LogP contribution >= 0.6 is 34.9 Å². The number of rotatable bonds is 7. The Balaban J connectivity index is 1.52. The third-order valence-electron chi connectivity index (χ3n) is 3.50. The molecule has 3 aromatic rings. The van der Waals surface area contributed by atoms with Crippen LogP contribution in [0.25, 0.3) is 0 Å². The Bertz CT molecular complexity index is 881. The molecule has 0 atom stereocenters. The van der Waals surface area contributed by atoms with Gasteiger partial charge in [0.1, 0.15) is 10.2 Å². The normalized spacial score (nSPS) is 10.7. The lowest BCUT2D eigenvalue weighted by Gasteiger charge is -2.05. The van der Waals surface area contributed by atoms with Gasteiger partial charge in [0.2, 0.25) is 5.91 Å². The Morgan fingerprint density at radius 2 is 2.04 bits per heavy atom. The first kappa shape index (κ1) is 18.9. The van der Waals surface area contributed by atoms with Crippen molar-refractivity contribution in [1.82, 2.24) is 4.98 Å². The van der Waals surface area contributed by atoms with E-state index in [1.807, 2.05) is 35.9 Å². The minimum Gasteiger partial charge on any atom is -0.326 e. The molecule has 0 aliphatic carbocycles. The molecule has 0 aliphatic heterocycles. The maximum absolute atomic E-state index is 12.9. The summed E-state index contributed by atoms with van der Waals surface area (Å²) in [5.74, 6) is 0.411. The van der Waals surface area contributed by atoms with Gasteiger partial charge < -0.3 is 5.32 Å². The van der Waals surface area contributed by atoms with E-state index in [1.165, 1.54) is 23.5 Å². The minimum absolute atomic E-state index is 0.0800. The molecule has 0 fully saturated rings. The van der Waals surface area contributed by atoms with E-state index in [-0.39, 0.29) is 18.1 Å². The number of carbonyl (C=O) groups excluding carboxylic acids is 1. The first-order chi connectivity index (χ1) is 12.6. The number of thioether (sulfide) groups is 2. The fourth-order valence-electron chi connectivity index (χ4n) is 2.23. The van der Waals surface area contributed by atoms with Crippen molar-refractivity contribution in [2.75, 3.05) is 11.6 Å². The van der Waals surface area contributed by atoms with Crippen molar-refractivity contribution < 1.29 is 9.18 Å². The monoisotopic (exact) mass is 404 g/mol. The SMILES string of the molecule is CSc1cccc(NC(=O)Cc2csc(SCc3ccc(F)cc3)n2)c1. The maximum atomic E-state index is 12.9. The van der Waals surface area contributed by atoms with Gasteiger partial charge in [0.05, 0.1) is 12.1 Å². The summed E-state index contributed by atoms with van der Waals surface area (Å²) in [6.07, 6.45) is 2.25. The lowest BCUT2D eigenvalue weighted by molar-refractivity contribution is -0.115. The highest BCUT2D eigenvalue weighted by atomic mass is 32.2. The van der Waals surface area contributed by atoms with Crippen molar-refractivity contribution in [1.29, 1.82) is 0 Å². The van der Waals surface area contributed by atoms with E-state index in [0.29, 0.717) is 0 Å². The third-order valence-corrected chi connectivity index (χ3v) is 6.37. The van der Waals surface area contributed by atoms with Gasteiger partial charge in [-0.1, -0.05) is 30.0 Å². The van der Waals surface area contributed by atoms with Crippen LogP contribution in [0.3, 0.4) is 0 Å². The summed E-state index contributed by atoms with van der Waals surface area (Å²) in [5.41, 5.74) is 2.60. The summed E-state index contributed by atoms with van der Waals surface area (Å²) in [4.78, 5) is 17.8. The number of carbonyl (C=O) groups is 1. The topological polar surface area (TPSA) is 42.0 Å². The quantitative estimate of drug-likeness (QED) is 0.530. The minimum atomic E-state index is -0.232. The zero-order chi connectivity index (χ0) is 18.4. The van der Waals surface area contributed by atoms with Crippen LogP contribution in [0.15, 0.2) is 63.1 Å². The second-order valence-electron chi connectivity index (χ2n) is 5.48. The van der Waals surface area contributed by atoms with E-state index in [1.54, 1.807) is 35.7 Å². The van der Waals surface area contributed by atoms with Crippen molar-refractivity contribution in [3.63, 3.8) is 0 Å². The van der Waals surface area contributed by atoms with Gasteiger partial charge in [-0.3, -0.25) is 4.79 Å². The van der Waals surface area contributed by atoms with Crippen LogP contribution in [0.2, 0.25) is 0 Å². The number of anilines is 1. The zero-order valence-corrected chi connectivity index (χ0v) is 16.5. The smallest absolute Gasteiger partial charge is 0.230 e. The highest BCUT2D eigenvalue weighted by Gasteiger charge is 2.09. The van der Waals surface area contributed by atoms with Crippen LogP contribution in [0.4, 0.5) is 10.1 Å². The zero-order valence-electron chi connectivity index (χ0n) is 14.1. The Hall–Kier alpha value is -1.83. The summed E-state index contributed by atoms with van der Waals surface area (Å²) >= 11 is 4.74. The highest BCUT2D eigenvalue weighted by Crippen LogP contribution is 2.26. The summed E-state index contributed by atoms with van der Waals surface area (Å²) in [7, 11) is 0. The van der Waals surface area contributed by atoms with Crippen molar-refractivity contribution in [3.05, 3.63) is 71.0 Å². The van der Waals surface area contributed by atoms with Gasteiger partial charge in [-0.15, -0.1) is 23.1 Å². The molecular formula is C19H17FN2OS3. The van der Waals surface area contributed by atoms with Gasteiger partial charge in [0.15, 0.2) is 0 Å². The lowest BCUT2D eigenvalue weighted by atomic mass is 10.2. The van der Waals surface area contributed by atoms with Crippen molar-refractivity contribution in [3.8, 4) is 0 Å². The molecule has 1 aromatic heterocycles. The molecule has 0 bridgehead atoms. The fourth-order valence-corrected chi connectivity index (χ4v) is 4.49. The molecule has 3 nitrogen and oxygen atoms in total. The van der Waals surface area contributed by atoms with Gasteiger partial charge in [0.25, 0.3) is 0 Å². The molecule has 0 radical (unpaired) electrons. The lowest BCUT2D eigenvalue weighted by Crippen LogP contribution is -2.14. The first-order valence-electron chi connectivity index (χ1n) is 7.88. The van der Waals surface area contributed by atoms with Crippen molar-refractivity contribution in [2.45, 2.75) is 21.4 Å². The van der Waals surface area contributed by atoms with Crippen LogP contribution in [-0.2, 0) is 17.0 Å². The van der Waals surface area contributed by atoms with E-state index in [2.05, 4.69) is 10.3 Å². The van der Waals surface area contributed by atoms with Gasteiger partial charge in [0, 0.05) is 21.7 Å². The molecule has 2 aromatic carbocycles. The molecule has 134 valence electrons. The van der Waals surface area contributed by atoms with Gasteiger partial charge in [-0.25, -0.2) is 9.37 Å². The van der Waals surface area contributed by atoms with Crippen LogP contribution < -0.4 is 5.32 Å². The summed E-state index contributed by atoms with van der Waals surface area (Å²) in [6, 6.07) is 14.2. The average molecular weight is 405 g/mol. The van der Waals surface area contributed by atoms with Gasteiger partial charge in [-0.05, 0) is 42.2 Å².